The van der Waals surface area contributed by atoms with Gasteiger partial charge in [-0.05, 0) is 24.3 Å². The van der Waals surface area contributed by atoms with Gasteiger partial charge in [0.25, 0.3) is 0 Å². The number of nitrogens with zero attached hydrogens (tertiary/aromatic N) is 4. The number of rotatable bonds is 7. The maximum absolute atomic E-state index is 12.8. The van der Waals surface area contributed by atoms with E-state index in [4.69, 9.17) is 16.3 Å². The summed E-state index contributed by atoms with van der Waals surface area (Å²) < 4.78 is 72.7. The van der Waals surface area contributed by atoms with Crippen LogP contribution >= 0.6 is 23.4 Å². The van der Waals surface area contributed by atoms with Crippen LogP contribution < -0.4 is 14.2 Å². The lowest BCUT2D eigenvalue weighted by atomic mass is 10.1. The number of pyridine rings is 1. The van der Waals surface area contributed by atoms with Crippen molar-refractivity contribution in [3.63, 3.8) is 0 Å². The third-order valence-corrected chi connectivity index (χ3v) is 7.48. The fourth-order valence-corrected chi connectivity index (χ4v) is 4.73. The number of ether oxygens (including phenoxy) is 1. The summed E-state index contributed by atoms with van der Waals surface area (Å²) in [6, 6.07) is 9.29. The molecule has 0 atom stereocenters. The highest BCUT2D eigenvalue weighted by atomic mass is 35.5. The number of hydrogen-bond donors (Lipinski definition) is 1. The third-order valence-electron chi connectivity index (χ3n) is 4.94. The van der Waals surface area contributed by atoms with Gasteiger partial charge in [-0.25, -0.2) is 4.98 Å². The normalized spacial score (nSPS) is 11.8. The number of nitriles is 1. The van der Waals surface area contributed by atoms with Crippen LogP contribution in [0.15, 0.2) is 59.0 Å². The molecule has 2 heterocycles. The van der Waals surface area contributed by atoms with Crippen molar-refractivity contribution in [3.05, 3.63) is 59.5 Å². The van der Waals surface area contributed by atoms with E-state index >= 15 is 0 Å². The van der Waals surface area contributed by atoms with Crippen molar-refractivity contribution in [3.8, 4) is 17.6 Å². The molecule has 0 saturated heterocycles. The Bertz CT molecular complexity index is 1650. The van der Waals surface area contributed by atoms with Crippen LogP contribution in [0.2, 0.25) is 5.02 Å². The molecule has 37 heavy (non-hydrogen) atoms. The van der Waals surface area contributed by atoms with E-state index in [-0.39, 0.29) is 27.9 Å². The summed E-state index contributed by atoms with van der Waals surface area (Å²) in [5, 5.41) is 14.1. The van der Waals surface area contributed by atoms with E-state index in [1.54, 1.807) is 30.6 Å². The molecule has 2 aromatic heterocycles. The fourth-order valence-electron chi connectivity index (χ4n) is 3.16. The molecular formula is C22H15ClF3N5O4S2. The van der Waals surface area contributed by atoms with Crippen molar-refractivity contribution in [2.24, 2.45) is 7.05 Å². The first kappa shape index (κ1) is 26.4. The van der Waals surface area contributed by atoms with Gasteiger partial charge >= 0.3 is 15.6 Å². The molecule has 0 saturated carbocycles. The van der Waals surface area contributed by atoms with E-state index in [2.05, 4.69) is 19.5 Å². The van der Waals surface area contributed by atoms with Gasteiger partial charge in [0.05, 0.1) is 28.9 Å². The molecule has 0 radical (unpaired) electrons. The fraction of sp³-hybridized carbons (Fsp3) is 0.136. The number of halogens is 4. The number of aryl methyl sites for hydroxylation is 1. The van der Waals surface area contributed by atoms with Crippen molar-refractivity contribution in [1.29, 1.82) is 5.26 Å². The maximum Gasteiger partial charge on any atom is 0.534 e. The van der Waals surface area contributed by atoms with Gasteiger partial charge in [-0.2, -0.15) is 26.9 Å². The molecule has 0 aliphatic heterocycles. The second kappa shape index (κ2) is 10.0. The Morgan fingerprint density at radius 2 is 1.95 bits per heavy atom. The smallest absolute Gasteiger partial charge is 0.493 e. The Hall–Kier alpha value is -3.67. The van der Waals surface area contributed by atoms with Crippen molar-refractivity contribution in [1.82, 2.24) is 14.5 Å². The van der Waals surface area contributed by atoms with Gasteiger partial charge < -0.3 is 18.8 Å². The Morgan fingerprint density at radius 1 is 1.19 bits per heavy atom. The first-order valence-electron chi connectivity index (χ1n) is 10.1. The summed E-state index contributed by atoms with van der Waals surface area (Å²) in [7, 11) is -2.98. The lowest BCUT2D eigenvalue weighted by molar-refractivity contribution is -0.0500. The Labute approximate surface area is 217 Å². The van der Waals surface area contributed by atoms with Crippen LogP contribution in [0.25, 0.3) is 10.9 Å². The van der Waals surface area contributed by atoms with Crippen molar-refractivity contribution < 1.29 is 30.5 Å². The van der Waals surface area contributed by atoms with Crippen LogP contribution in [-0.4, -0.2) is 35.6 Å². The summed E-state index contributed by atoms with van der Waals surface area (Å²) in [5.41, 5.74) is -4.75. The first-order valence-corrected chi connectivity index (χ1v) is 12.7. The summed E-state index contributed by atoms with van der Waals surface area (Å²) in [6.45, 7) is 0. The molecule has 4 aromatic rings. The molecule has 0 fully saturated rings. The lowest BCUT2D eigenvalue weighted by Gasteiger charge is -2.16. The van der Waals surface area contributed by atoms with Crippen LogP contribution in [-0.2, 0) is 17.2 Å². The molecule has 0 unspecified atom stereocenters. The van der Waals surface area contributed by atoms with E-state index in [0.29, 0.717) is 10.7 Å². The number of alkyl halides is 3. The van der Waals surface area contributed by atoms with Gasteiger partial charge in [0, 0.05) is 47.7 Å². The van der Waals surface area contributed by atoms with Gasteiger partial charge in [0.15, 0.2) is 16.7 Å². The van der Waals surface area contributed by atoms with E-state index < -0.39 is 21.4 Å². The molecule has 0 aliphatic rings. The predicted molar refractivity (Wildman–Crippen MR) is 131 cm³/mol. The Morgan fingerprint density at radius 3 is 2.54 bits per heavy atom. The molecule has 0 amide bonds. The summed E-state index contributed by atoms with van der Waals surface area (Å²) in [4.78, 5) is 9.03. The molecule has 0 aliphatic carbocycles. The minimum absolute atomic E-state index is 0.0442. The molecule has 4 rings (SSSR count). The number of nitrogens with one attached hydrogen (secondary N) is 1. The molecule has 2 aromatic carbocycles. The van der Waals surface area contributed by atoms with Crippen molar-refractivity contribution >= 4 is 55.8 Å². The number of anilines is 2. The van der Waals surface area contributed by atoms with Crippen LogP contribution in [0.5, 0.6) is 11.5 Å². The number of fused-ring (bicyclic) bond motifs is 1. The molecule has 192 valence electrons. The molecule has 9 nitrogen and oxygen atoms in total. The number of methoxy groups -OCH3 is 1. The zero-order chi connectivity index (χ0) is 27.0. The number of aromatic nitrogens is 3. The zero-order valence-electron chi connectivity index (χ0n) is 18.9. The molecule has 15 heteroatoms. The lowest BCUT2D eigenvalue weighted by Crippen LogP contribution is -2.28. The predicted octanol–water partition coefficient (Wildman–Crippen LogP) is 5.63. The second-order valence-corrected chi connectivity index (χ2v) is 10.3. The summed E-state index contributed by atoms with van der Waals surface area (Å²) >= 11 is 7.82. The van der Waals surface area contributed by atoms with Gasteiger partial charge in [0.2, 0.25) is 0 Å². The quantitative estimate of drug-likeness (QED) is 0.223. The van der Waals surface area contributed by atoms with E-state index in [9.17, 15) is 26.9 Å². The molecule has 0 bridgehead atoms. The van der Waals surface area contributed by atoms with E-state index in [0.717, 1.165) is 23.2 Å². The largest absolute Gasteiger partial charge is 0.534 e. The van der Waals surface area contributed by atoms with E-state index in [1.165, 1.54) is 24.0 Å². The van der Waals surface area contributed by atoms with E-state index in [1.807, 2.05) is 17.7 Å². The molecule has 0 spiro atoms. The number of hydrogen-bond acceptors (Lipinski definition) is 9. The highest BCUT2D eigenvalue weighted by Gasteiger charge is 2.49. The van der Waals surface area contributed by atoms with Crippen LogP contribution in [0.4, 0.5) is 24.5 Å². The van der Waals surface area contributed by atoms with Gasteiger partial charge in [-0.1, -0.05) is 23.4 Å². The molecule has 1 N–H and O–H groups in total. The standard InChI is InChI=1S/C22H15ClF3N5O4S2/c1-31-6-5-28-21(31)36-19-4-3-13(7-15(19)23)30-20-12(10-27)11-29-16-9-18(17(34-2)8-14(16)20)35-37(32,33)22(24,25)26/h3-9,11H,1-2H3,(H,29,30). The van der Waals surface area contributed by atoms with Crippen LogP contribution in [0, 0.1) is 11.3 Å². The average molecular weight is 570 g/mol. The SMILES string of the molecule is COc1cc2c(Nc3ccc(Sc4nccn4C)c(Cl)c3)c(C#N)cnc2cc1OS(=O)(=O)C(F)(F)F. The highest BCUT2D eigenvalue weighted by molar-refractivity contribution is 7.99. The average Bonchev–Trinajstić information content (AvgIpc) is 3.24. The Kier molecular flexibility index (Phi) is 7.13. The van der Waals surface area contributed by atoms with Crippen LogP contribution in [0.3, 0.4) is 0 Å². The second-order valence-electron chi connectivity index (χ2n) is 7.36. The minimum Gasteiger partial charge on any atom is -0.493 e. The third kappa shape index (κ3) is 5.38. The van der Waals surface area contributed by atoms with Gasteiger partial charge in [0.1, 0.15) is 6.07 Å². The summed E-state index contributed by atoms with van der Waals surface area (Å²) in [6.07, 6.45) is 4.65. The topological polar surface area (TPSA) is 119 Å². The number of benzene rings is 2. The van der Waals surface area contributed by atoms with Crippen molar-refractivity contribution in [2.45, 2.75) is 15.6 Å². The Balaban J connectivity index is 1.74. The maximum atomic E-state index is 12.8. The van der Waals surface area contributed by atoms with Gasteiger partial charge in [-0.3, -0.25) is 4.98 Å². The summed E-state index contributed by atoms with van der Waals surface area (Å²) in [5.74, 6) is -1.03. The highest BCUT2D eigenvalue weighted by Crippen LogP contribution is 2.40. The van der Waals surface area contributed by atoms with Gasteiger partial charge in [-0.15, -0.1) is 0 Å². The van der Waals surface area contributed by atoms with Crippen LogP contribution in [0.1, 0.15) is 5.56 Å². The van der Waals surface area contributed by atoms with Crippen molar-refractivity contribution in [2.75, 3.05) is 12.4 Å². The number of imidazole rings is 1. The first-order chi connectivity index (χ1) is 17.4. The zero-order valence-corrected chi connectivity index (χ0v) is 21.3. The monoisotopic (exact) mass is 569 g/mol. The minimum atomic E-state index is -5.95. The molecular weight excluding hydrogens is 555 g/mol.